The molecule has 0 unspecified atom stereocenters. The predicted octanol–water partition coefficient (Wildman–Crippen LogP) is 1.58. The van der Waals surface area contributed by atoms with Gasteiger partial charge in [-0.1, -0.05) is 24.3 Å². The van der Waals surface area contributed by atoms with E-state index in [0.29, 0.717) is 18.9 Å². The summed E-state index contributed by atoms with van der Waals surface area (Å²) in [4.78, 5) is 0. The molecule has 0 bridgehead atoms. The van der Waals surface area contributed by atoms with E-state index in [1.54, 1.807) is 0 Å². The molecule has 11 heavy (non-hydrogen) atoms. The van der Waals surface area contributed by atoms with Gasteiger partial charge in [0.2, 0.25) is 0 Å². The van der Waals surface area contributed by atoms with Crippen LogP contribution in [0.2, 0.25) is 0 Å². The molecule has 0 amide bonds. The molecule has 1 aliphatic heterocycles. The summed E-state index contributed by atoms with van der Waals surface area (Å²) in [5.74, 6) is 0. The Morgan fingerprint density at radius 1 is 1.18 bits per heavy atom. The Kier molecular flexibility index (Phi) is 1.47. The van der Waals surface area contributed by atoms with Crippen LogP contribution >= 0.6 is 0 Å². The summed E-state index contributed by atoms with van der Waals surface area (Å²) >= 11 is 0. The van der Waals surface area contributed by atoms with Crippen molar-refractivity contribution in [3.8, 4) is 0 Å². The maximum Gasteiger partial charge on any atom is 0.0891 e. The maximum atomic E-state index is 7.55. The molecule has 0 spiro atoms. The van der Waals surface area contributed by atoms with E-state index in [9.17, 15) is 0 Å². The molecule has 0 atom stereocenters. The van der Waals surface area contributed by atoms with Gasteiger partial charge in [0.15, 0.2) is 0 Å². The molecule has 2 heteroatoms. The third-order valence-corrected chi connectivity index (χ3v) is 1.85. The minimum atomic E-state index is 0.455. The Hall–Kier alpha value is -1.15. The van der Waals surface area contributed by atoms with Crippen molar-refractivity contribution in [3.05, 3.63) is 35.4 Å². The summed E-state index contributed by atoms with van der Waals surface area (Å²) in [5.41, 5.74) is 2.76. The van der Waals surface area contributed by atoms with Gasteiger partial charge < -0.3 is 10.1 Å². The molecule has 0 aliphatic carbocycles. The van der Waals surface area contributed by atoms with E-state index < -0.39 is 0 Å². The molecule has 1 heterocycles. The fourth-order valence-corrected chi connectivity index (χ4v) is 1.28. The molecule has 0 saturated carbocycles. The van der Waals surface area contributed by atoms with Gasteiger partial charge in [0.05, 0.1) is 18.9 Å². The number of fused-ring (bicyclic) bond motifs is 1. The van der Waals surface area contributed by atoms with Crippen molar-refractivity contribution < 1.29 is 4.74 Å². The molecular formula is C9H9NO. The van der Waals surface area contributed by atoms with Gasteiger partial charge in [-0.3, -0.25) is 0 Å². The number of benzene rings is 1. The SMILES string of the molecule is N=C1COCc2ccccc21. The first-order valence-electron chi connectivity index (χ1n) is 3.61. The number of rotatable bonds is 0. The zero-order valence-electron chi connectivity index (χ0n) is 6.13. The van der Waals surface area contributed by atoms with Crippen molar-refractivity contribution in [2.24, 2.45) is 0 Å². The molecule has 1 aromatic carbocycles. The van der Waals surface area contributed by atoms with E-state index in [1.807, 2.05) is 24.3 Å². The second kappa shape index (κ2) is 2.47. The van der Waals surface area contributed by atoms with Gasteiger partial charge in [-0.2, -0.15) is 0 Å². The predicted molar refractivity (Wildman–Crippen MR) is 42.9 cm³/mol. The van der Waals surface area contributed by atoms with Crippen LogP contribution in [-0.2, 0) is 11.3 Å². The van der Waals surface area contributed by atoms with E-state index in [1.165, 1.54) is 0 Å². The monoisotopic (exact) mass is 147 g/mol. The van der Waals surface area contributed by atoms with E-state index >= 15 is 0 Å². The maximum absolute atomic E-state index is 7.55. The number of nitrogens with one attached hydrogen (secondary N) is 1. The summed E-state index contributed by atoms with van der Waals surface area (Å²) < 4.78 is 5.18. The second-order valence-corrected chi connectivity index (χ2v) is 2.63. The van der Waals surface area contributed by atoms with Crippen LogP contribution in [0.5, 0.6) is 0 Å². The van der Waals surface area contributed by atoms with Crippen molar-refractivity contribution in [2.75, 3.05) is 6.61 Å². The molecule has 0 fully saturated rings. The normalized spacial score (nSPS) is 16.2. The van der Waals surface area contributed by atoms with Gasteiger partial charge in [-0.05, 0) is 5.56 Å². The topological polar surface area (TPSA) is 33.1 Å². The second-order valence-electron chi connectivity index (χ2n) is 2.63. The Morgan fingerprint density at radius 3 is 2.82 bits per heavy atom. The van der Waals surface area contributed by atoms with Crippen LogP contribution < -0.4 is 0 Å². The molecule has 0 saturated heterocycles. The first-order valence-corrected chi connectivity index (χ1v) is 3.61. The summed E-state index contributed by atoms with van der Waals surface area (Å²) in [6.45, 7) is 1.11. The van der Waals surface area contributed by atoms with Crippen LogP contribution in [0.4, 0.5) is 0 Å². The summed E-state index contributed by atoms with van der Waals surface area (Å²) in [6.07, 6.45) is 0. The van der Waals surface area contributed by atoms with Crippen LogP contribution in [0.15, 0.2) is 24.3 Å². The Bertz CT molecular complexity index is 293. The van der Waals surface area contributed by atoms with E-state index in [-0.39, 0.29) is 0 Å². The first-order chi connectivity index (χ1) is 5.38. The lowest BCUT2D eigenvalue weighted by atomic mass is 10.0. The van der Waals surface area contributed by atoms with E-state index in [0.717, 1.165) is 11.1 Å². The average Bonchev–Trinajstić information content (AvgIpc) is 2.06. The highest BCUT2D eigenvalue weighted by atomic mass is 16.5. The highest BCUT2D eigenvalue weighted by molar-refractivity contribution is 6.01. The molecule has 0 aromatic heterocycles. The third-order valence-electron chi connectivity index (χ3n) is 1.85. The fourth-order valence-electron chi connectivity index (χ4n) is 1.28. The van der Waals surface area contributed by atoms with Crippen LogP contribution in [-0.4, -0.2) is 12.3 Å². The van der Waals surface area contributed by atoms with Crippen molar-refractivity contribution in [1.29, 1.82) is 5.41 Å². The molecule has 1 aromatic rings. The number of hydrogen-bond donors (Lipinski definition) is 1. The highest BCUT2D eigenvalue weighted by Gasteiger charge is 2.12. The first kappa shape index (κ1) is 6.55. The van der Waals surface area contributed by atoms with Crippen LogP contribution in [0, 0.1) is 5.41 Å². The smallest absolute Gasteiger partial charge is 0.0891 e. The standard InChI is InChI=1S/C9H9NO/c10-9-6-11-5-7-3-1-2-4-8(7)9/h1-4,10H,5-6H2. The molecule has 0 radical (unpaired) electrons. The molecular weight excluding hydrogens is 138 g/mol. The molecule has 1 N–H and O–H groups in total. The third kappa shape index (κ3) is 1.05. The zero-order valence-corrected chi connectivity index (χ0v) is 6.13. The molecule has 2 nitrogen and oxygen atoms in total. The highest BCUT2D eigenvalue weighted by Crippen LogP contribution is 2.15. The minimum Gasteiger partial charge on any atom is -0.370 e. The molecule has 2 rings (SSSR count). The molecule has 56 valence electrons. The zero-order chi connectivity index (χ0) is 7.68. The van der Waals surface area contributed by atoms with Gasteiger partial charge in [-0.15, -0.1) is 0 Å². The Morgan fingerprint density at radius 2 is 2.00 bits per heavy atom. The average molecular weight is 147 g/mol. The lowest BCUT2D eigenvalue weighted by Gasteiger charge is -2.16. The van der Waals surface area contributed by atoms with Gasteiger partial charge in [0.25, 0.3) is 0 Å². The Labute approximate surface area is 65.3 Å². The van der Waals surface area contributed by atoms with Gasteiger partial charge in [0.1, 0.15) is 0 Å². The van der Waals surface area contributed by atoms with Crippen molar-refractivity contribution in [3.63, 3.8) is 0 Å². The van der Waals surface area contributed by atoms with Crippen molar-refractivity contribution >= 4 is 5.71 Å². The van der Waals surface area contributed by atoms with Crippen LogP contribution in [0.25, 0.3) is 0 Å². The van der Waals surface area contributed by atoms with E-state index in [2.05, 4.69) is 0 Å². The van der Waals surface area contributed by atoms with Gasteiger partial charge in [0, 0.05) is 5.56 Å². The van der Waals surface area contributed by atoms with Crippen molar-refractivity contribution in [1.82, 2.24) is 0 Å². The lowest BCUT2D eigenvalue weighted by Crippen LogP contribution is -2.17. The summed E-state index contributed by atoms with van der Waals surface area (Å²) in [7, 11) is 0. The fraction of sp³-hybridized carbons (Fsp3) is 0.222. The van der Waals surface area contributed by atoms with Crippen LogP contribution in [0.1, 0.15) is 11.1 Å². The number of ether oxygens (including phenoxy) is 1. The Balaban J connectivity index is 2.52. The molecule has 1 aliphatic rings. The van der Waals surface area contributed by atoms with Gasteiger partial charge in [-0.25, -0.2) is 0 Å². The van der Waals surface area contributed by atoms with Gasteiger partial charge >= 0.3 is 0 Å². The van der Waals surface area contributed by atoms with Crippen molar-refractivity contribution in [2.45, 2.75) is 6.61 Å². The summed E-state index contributed by atoms with van der Waals surface area (Å²) in [6, 6.07) is 7.91. The quantitative estimate of drug-likeness (QED) is 0.593. The largest absolute Gasteiger partial charge is 0.370 e. The lowest BCUT2D eigenvalue weighted by molar-refractivity contribution is 0.151. The minimum absolute atomic E-state index is 0.455. The van der Waals surface area contributed by atoms with E-state index in [4.69, 9.17) is 10.1 Å². The van der Waals surface area contributed by atoms with Crippen LogP contribution in [0.3, 0.4) is 0 Å². The summed E-state index contributed by atoms with van der Waals surface area (Å²) in [5, 5.41) is 7.55. The number of hydrogen-bond acceptors (Lipinski definition) is 2.